The van der Waals surface area contributed by atoms with E-state index in [0.717, 1.165) is 23.7 Å². The first kappa shape index (κ1) is 22.8. The summed E-state index contributed by atoms with van der Waals surface area (Å²) in [6.07, 6.45) is 12.1. The summed E-state index contributed by atoms with van der Waals surface area (Å²) in [6.45, 7) is 7.44. The van der Waals surface area contributed by atoms with Gasteiger partial charge < -0.3 is 14.6 Å². The first-order valence-corrected chi connectivity index (χ1v) is 13.4. The van der Waals surface area contributed by atoms with Gasteiger partial charge in [0.15, 0.2) is 0 Å². The molecule has 2 amide bonds. The molecule has 3 heterocycles. The fourth-order valence-electron chi connectivity index (χ4n) is 8.82. The smallest absolute Gasteiger partial charge is 0.239 e. The number of pyridine rings is 1. The Balaban J connectivity index is 1.26. The number of nitrogens with zero attached hydrogens (tertiary/aromatic N) is 3. The van der Waals surface area contributed by atoms with E-state index < -0.39 is 5.92 Å². The topological polar surface area (TPSA) is 66.7 Å². The molecule has 2 saturated carbocycles. The second-order valence-corrected chi connectivity index (χ2v) is 12.3. The number of allylic oxidation sites excluding steroid dienone is 2. The van der Waals surface area contributed by atoms with E-state index in [1.165, 1.54) is 43.4 Å². The average Bonchev–Trinajstić information content (AvgIpc) is 3.43. The van der Waals surface area contributed by atoms with Crippen LogP contribution in [0.3, 0.4) is 0 Å². The van der Waals surface area contributed by atoms with Gasteiger partial charge in [0.05, 0.1) is 12.2 Å². The largest absolute Gasteiger partial charge is 0.350 e. The van der Waals surface area contributed by atoms with Crippen LogP contribution >= 0.6 is 0 Å². The number of fused-ring (bicyclic) bond motifs is 6. The number of hydrogen-bond acceptors (Lipinski definition) is 3. The predicted octanol–water partition coefficient (Wildman–Crippen LogP) is 4.95. The molecule has 35 heavy (non-hydrogen) atoms. The van der Waals surface area contributed by atoms with Crippen molar-refractivity contribution >= 4 is 17.5 Å². The average molecular weight is 475 g/mol. The van der Waals surface area contributed by atoms with E-state index in [2.05, 4.69) is 31.1 Å². The Bertz CT molecular complexity index is 1200. The molecule has 3 aliphatic carbocycles. The summed E-state index contributed by atoms with van der Waals surface area (Å²) in [5, 5.41) is 3.04. The summed E-state index contributed by atoms with van der Waals surface area (Å²) in [5.74, 6) is 1.12. The molecular formula is C29H38N4O2. The fourth-order valence-corrected chi connectivity index (χ4v) is 8.82. The lowest BCUT2D eigenvalue weighted by atomic mass is 9.48. The lowest BCUT2D eigenvalue weighted by molar-refractivity contribution is -0.149. The zero-order chi connectivity index (χ0) is 24.5. The number of likely N-dealkylation sites (tertiary alicyclic amines) is 1. The maximum Gasteiger partial charge on any atom is 0.239 e. The van der Waals surface area contributed by atoms with Crippen molar-refractivity contribution in [2.24, 2.45) is 34.5 Å². The molecule has 2 aromatic heterocycles. The van der Waals surface area contributed by atoms with Crippen LogP contribution in [0.2, 0.25) is 0 Å². The Morgan fingerprint density at radius 2 is 2.03 bits per heavy atom. The van der Waals surface area contributed by atoms with Gasteiger partial charge in [0.2, 0.25) is 11.8 Å². The first-order chi connectivity index (χ1) is 16.7. The van der Waals surface area contributed by atoms with Crippen molar-refractivity contribution in [1.82, 2.24) is 19.6 Å². The van der Waals surface area contributed by atoms with Crippen LogP contribution < -0.4 is 5.32 Å². The number of carbonyl (C=O) groups is 2. The molecule has 3 fully saturated rings. The maximum absolute atomic E-state index is 13.5. The van der Waals surface area contributed by atoms with Crippen molar-refractivity contribution in [3.63, 3.8) is 0 Å². The molecule has 1 saturated heterocycles. The van der Waals surface area contributed by atoms with Crippen LogP contribution in [0.4, 0.5) is 0 Å². The molecule has 6 rings (SSSR count). The van der Waals surface area contributed by atoms with Crippen molar-refractivity contribution in [3.8, 4) is 0 Å². The van der Waals surface area contributed by atoms with Gasteiger partial charge in [-0.2, -0.15) is 0 Å². The summed E-state index contributed by atoms with van der Waals surface area (Å²) in [6, 6.07) is 5.85. The quantitative estimate of drug-likeness (QED) is 0.641. The number of nitrogens with one attached hydrogen (secondary N) is 1. The minimum atomic E-state index is -0.644. The van der Waals surface area contributed by atoms with E-state index in [1.54, 1.807) is 0 Å². The number of hydrogen-bond donors (Lipinski definition) is 1. The van der Waals surface area contributed by atoms with Gasteiger partial charge in [-0.25, -0.2) is 4.98 Å². The monoisotopic (exact) mass is 474 g/mol. The maximum atomic E-state index is 13.5. The van der Waals surface area contributed by atoms with Gasteiger partial charge in [0, 0.05) is 30.6 Å². The normalized spacial score (nSPS) is 36.7. The van der Waals surface area contributed by atoms with Crippen LogP contribution in [0.25, 0.3) is 5.65 Å². The highest BCUT2D eigenvalue weighted by Crippen LogP contribution is 2.65. The molecule has 2 aromatic rings. The molecule has 1 aliphatic heterocycles. The summed E-state index contributed by atoms with van der Waals surface area (Å²) < 4.78 is 1.95. The van der Waals surface area contributed by atoms with Gasteiger partial charge >= 0.3 is 0 Å². The molecule has 6 atom stereocenters. The lowest BCUT2D eigenvalue weighted by Crippen LogP contribution is -2.58. The Hall–Kier alpha value is -2.63. The van der Waals surface area contributed by atoms with Gasteiger partial charge in [-0.05, 0) is 80.8 Å². The predicted molar refractivity (Wildman–Crippen MR) is 135 cm³/mol. The van der Waals surface area contributed by atoms with Gasteiger partial charge in [0.25, 0.3) is 0 Å². The highest BCUT2D eigenvalue weighted by atomic mass is 16.2. The second-order valence-electron chi connectivity index (χ2n) is 12.3. The molecule has 186 valence electrons. The van der Waals surface area contributed by atoms with Crippen molar-refractivity contribution in [3.05, 3.63) is 47.6 Å². The number of aromatic nitrogens is 2. The minimum absolute atomic E-state index is 0.0655. The molecular weight excluding hydrogens is 436 g/mol. The van der Waals surface area contributed by atoms with Crippen LogP contribution in [0.15, 0.2) is 41.9 Å². The van der Waals surface area contributed by atoms with E-state index in [9.17, 15) is 9.59 Å². The highest BCUT2D eigenvalue weighted by molar-refractivity contribution is 6.01. The van der Waals surface area contributed by atoms with Crippen LogP contribution in [0.1, 0.15) is 71.4 Å². The standard InChI is InChI=1S/C29H38N4O2/c1-18-14-20-22-8-7-11-28(22,2)12-10-23(20)29(3)15-21(27(35)32(4)25(18)29)26(34)30-16-19-17-33-13-6-5-9-24(33)31-19/h5-6,9,13,17,20-23H,7-8,10-12,14-16H2,1-4H3,(H,30,34)/t20-,21?,22-,23+,28-,29+/m0/s1. The number of piperidine rings is 1. The highest BCUT2D eigenvalue weighted by Gasteiger charge is 2.60. The molecule has 0 bridgehead atoms. The second kappa shape index (κ2) is 7.94. The van der Waals surface area contributed by atoms with Gasteiger partial charge in [-0.3, -0.25) is 9.59 Å². The van der Waals surface area contributed by atoms with Gasteiger partial charge in [-0.15, -0.1) is 0 Å². The minimum Gasteiger partial charge on any atom is -0.350 e. The molecule has 4 aliphatic rings. The molecule has 1 unspecified atom stereocenters. The molecule has 1 N–H and O–H groups in total. The third-order valence-corrected chi connectivity index (χ3v) is 10.3. The number of carbonyl (C=O) groups excluding carboxylic acids is 2. The Kier molecular flexibility index (Phi) is 5.17. The molecule has 0 spiro atoms. The van der Waals surface area contributed by atoms with E-state index in [4.69, 9.17) is 0 Å². The van der Waals surface area contributed by atoms with E-state index in [1.807, 2.05) is 46.9 Å². The van der Waals surface area contributed by atoms with Crippen LogP contribution in [-0.2, 0) is 16.1 Å². The van der Waals surface area contributed by atoms with Crippen LogP contribution in [0, 0.1) is 34.5 Å². The molecule has 6 nitrogen and oxygen atoms in total. The van der Waals surface area contributed by atoms with Crippen molar-refractivity contribution in [2.45, 2.75) is 72.3 Å². The number of amides is 2. The van der Waals surface area contributed by atoms with Crippen molar-refractivity contribution in [2.75, 3.05) is 7.05 Å². The molecule has 0 radical (unpaired) electrons. The fraction of sp³-hybridized carbons (Fsp3) is 0.621. The van der Waals surface area contributed by atoms with Crippen molar-refractivity contribution < 1.29 is 9.59 Å². The number of rotatable bonds is 3. The van der Waals surface area contributed by atoms with E-state index >= 15 is 0 Å². The Morgan fingerprint density at radius 3 is 2.83 bits per heavy atom. The summed E-state index contributed by atoms with van der Waals surface area (Å²) in [5.41, 5.74) is 4.57. The van der Waals surface area contributed by atoms with Crippen LogP contribution in [0.5, 0.6) is 0 Å². The van der Waals surface area contributed by atoms with E-state index in [0.29, 0.717) is 30.2 Å². The first-order valence-electron chi connectivity index (χ1n) is 13.4. The lowest BCUT2D eigenvalue weighted by Gasteiger charge is -2.59. The molecule has 6 heteroatoms. The number of imidazole rings is 1. The van der Waals surface area contributed by atoms with Crippen LogP contribution in [-0.4, -0.2) is 33.1 Å². The van der Waals surface area contributed by atoms with Crippen molar-refractivity contribution in [1.29, 1.82) is 0 Å². The molecule has 0 aromatic carbocycles. The zero-order valence-corrected chi connectivity index (χ0v) is 21.5. The summed E-state index contributed by atoms with van der Waals surface area (Å²) in [7, 11) is 1.89. The van der Waals surface area contributed by atoms with Gasteiger partial charge in [0.1, 0.15) is 11.6 Å². The van der Waals surface area contributed by atoms with Gasteiger partial charge in [-0.1, -0.05) is 31.9 Å². The Morgan fingerprint density at radius 1 is 1.20 bits per heavy atom. The summed E-state index contributed by atoms with van der Waals surface area (Å²) in [4.78, 5) is 33.3. The Labute approximate surface area is 208 Å². The van der Waals surface area contributed by atoms with E-state index in [-0.39, 0.29) is 17.2 Å². The third-order valence-electron chi connectivity index (χ3n) is 10.3. The third kappa shape index (κ3) is 3.39. The zero-order valence-electron chi connectivity index (χ0n) is 21.5. The SMILES string of the molecule is CC1=C2N(C)C(=O)C(C(=O)NCc3cn4ccccc4n3)C[C@]2(C)[C@@H]2CC[C@]3(C)CCC[C@H]3[C@@H]2C1. The summed E-state index contributed by atoms with van der Waals surface area (Å²) >= 11 is 0.